The predicted octanol–water partition coefficient (Wildman–Crippen LogP) is 4.76. The smallest absolute Gasteiger partial charge is 0.344 e. The van der Waals surface area contributed by atoms with Crippen molar-refractivity contribution in [2.75, 3.05) is 0 Å². The Balaban J connectivity index is 1.87. The molecule has 0 spiro atoms. The average Bonchev–Trinajstić information content (AvgIpc) is 3.15. The van der Waals surface area contributed by atoms with Gasteiger partial charge >= 0.3 is 6.18 Å². The summed E-state index contributed by atoms with van der Waals surface area (Å²) in [4.78, 5) is 25.1. The summed E-state index contributed by atoms with van der Waals surface area (Å²) >= 11 is 7.10. The average molecular weight is 413 g/mol. The lowest BCUT2D eigenvalue weighted by molar-refractivity contribution is -0.137. The van der Waals surface area contributed by atoms with Crippen LogP contribution in [0.3, 0.4) is 0 Å². The van der Waals surface area contributed by atoms with E-state index in [0.717, 1.165) is 12.1 Å². The number of halogens is 4. The molecule has 0 aliphatic carbocycles. The summed E-state index contributed by atoms with van der Waals surface area (Å²) in [5, 5.41) is 4.86. The zero-order chi connectivity index (χ0) is 19.6. The lowest BCUT2D eigenvalue weighted by Gasteiger charge is -2.16. The normalized spacial score (nSPS) is 12.6. The molecule has 1 unspecified atom stereocenters. The Morgan fingerprint density at radius 1 is 1.15 bits per heavy atom. The number of rotatable bonds is 4. The molecule has 2 heterocycles. The highest BCUT2D eigenvalue weighted by molar-refractivity contribution is 7.13. The van der Waals surface area contributed by atoms with Gasteiger partial charge in [-0.1, -0.05) is 11.6 Å². The minimum absolute atomic E-state index is 0.175. The van der Waals surface area contributed by atoms with Gasteiger partial charge in [-0.15, -0.1) is 11.3 Å². The van der Waals surface area contributed by atoms with Crippen LogP contribution in [0.25, 0.3) is 10.7 Å². The number of amides is 1. The highest BCUT2D eigenvalue weighted by Crippen LogP contribution is 2.32. The first kappa shape index (κ1) is 19.2. The molecule has 1 aromatic carbocycles. The van der Waals surface area contributed by atoms with Gasteiger partial charge in [-0.3, -0.25) is 14.8 Å². The molecular weight excluding hydrogens is 401 g/mol. The van der Waals surface area contributed by atoms with Crippen LogP contribution >= 0.6 is 22.9 Å². The minimum Gasteiger partial charge on any atom is -0.344 e. The van der Waals surface area contributed by atoms with Crippen molar-refractivity contribution in [3.05, 3.63) is 64.0 Å². The summed E-state index contributed by atoms with van der Waals surface area (Å²) in [6.07, 6.45) is -0.0155. The van der Waals surface area contributed by atoms with E-state index in [0.29, 0.717) is 16.4 Å². The molecule has 3 rings (SSSR count). The Kier molecular flexibility index (Phi) is 5.43. The number of hydrogen-bond acceptors (Lipinski definition) is 5. The Morgan fingerprint density at radius 2 is 1.89 bits per heavy atom. The third-order valence-electron chi connectivity index (χ3n) is 3.61. The van der Waals surface area contributed by atoms with E-state index in [-0.39, 0.29) is 10.6 Å². The van der Waals surface area contributed by atoms with E-state index in [1.807, 2.05) is 0 Å². The molecule has 0 fully saturated rings. The number of nitrogens with one attached hydrogen (secondary N) is 1. The van der Waals surface area contributed by atoms with Crippen molar-refractivity contribution in [1.29, 1.82) is 0 Å². The molecule has 5 nitrogen and oxygen atoms in total. The zero-order valence-electron chi connectivity index (χ0n) is 13.8. The summed E-state index contributed by atoms with van der Waals surface area (Å²) in [6, 6.07) is 2.09. The summed E-state index contributed by atoms with van der Waals surface area (Å²) in [5.41, 5.74) is -0.224. The van der Waals surface area contributed by atoms with Crippen molar-refractivity contribution >= 4 is 28.8 Å². The molecule has 0 aliphatic heterocycles. The van der Waals surface area contributed by atoms with Crippen LogP contribution in [0, 0.1) is 0 Å². The molecule has 1 atom stereocenters. The first-order chi connectivity index (χ1) is 12.8. The lowest BCUT2D eigenvalue weighted by atomic mass is 10.1. The quantitative estimate of drug-likeness (QED) is 0.670. The van der Waals surface area contributed by atoms with Crippen LogP contribution in [-0.4, -0.2) is 20.9 Å². The van der Waals surface area contributed by atoms with Crippen molar-refractivity contribution < 1.29 is 18.0 Å². The van der Waals surface area contributed by atoms with E-state index in [1.165, 1.54) is 29.8 Å². The second-order valence-electron chi connectivity index (χ2n) is 5.55. The van der Waals surface area contributed by atoms with Gasteiger partial charge in [-0.25, -0.2) is 4.98 Å². The van der Waals surface area contributed by atoms with Gasteiger partial charge in [0.1, 0.15) is 10.7 Å². The molecule has 0 saturated carbocycles. The van der Waals surface area contributed by atoms with Gasteiger partial charge < -0.3 is 5.32 Å². The van der Waals surface area contributed by atoms with Gasteiger partial charge in [-0.05, 0) is 25.1 Å². The largest absolute Gasteiger partial charge is 0.416 e. The molecule has 1 N–H and O–H groups in total. The van der Waals surface area contributed by atoms with Crippen LogP contribution < -0.4 is 5.32 Å². The van der Waals surface area contributed by atoms with E-state index >= 15 is 0 Å². The van der Waals surface area contributed by atoms with Crippen molar-refractivity contribution in [2.45, 2.75) is 19.1 Å². The van der Waals surface area contributed by atoms with E-state index in [1.54, 1.807) is 18.5 Å². The van der Waals surface area contributed by atoms with Gasteiger partial charge in [0.05, 0.1) is 17.3 Å². The molecule has 3 aromatic rings. The number of hydrogen-bond donors (Lipinski definition) is 1. The van der Waals surface area contributed by atoms with Crippen molar-refractivity contribution in [2.24, 2.45) is 0 Å². The van der Waals surface area contributed by atoms with Crippen molar-refractivity contribution in [3.63, 3.8) is 0 Å². The maximum absolute atomic E-state index is 12.9. The molecule has 27 heavy (non-hydrogen) atoms. The molecule has 140 valence electrons. The summed E-state index contributed by atoms with van der Waals surface area (Å²) in [7, 11) is 0. The number of carbonyl (C=O) groups excluding carboxylic acids is 1. The number of alkyl halides is 3. The van der Waals surface area contributed by atoms with Crippen molar-refractivity contribution in [1.82, 2.24) is 20.3 Å². The van der Waals surface area contributed by atoms with Gasteiger partial charge in [0.15, 0.2) is 0 Å². The number of aromatic nitrogens is 3. The predicted molar refractivity (Wildman–Crippen MR) is 95.5 cm³/mol. The summed E-state index contributed by atoms with van der Waals surface area (Å²) in [6.45, 7) is 1.66. The molecule has 0 bridgehead atoms. The molecule has 1 amide bonds. The van der Waals surface area contributed by atoms with E-state index in [4.69, 9.17) is 11.6 Å². The maximum atomic E-state index is 12.9. The molecule has 2 aromatic heterocycles. The fraction of sp³-hybridized carbons (Fsp3) is 0.176. The lowest BCUT2D eigenvalue weighted by Crippen LogP contribution is -2.28. The number of carbonyl (C=O) groups is 1. The second-order valence-corrected chi connectivity index (χ2v) is 6.88. The Bertz CT molecular complexity index is 963. The number of nitrogens with zero attached hydrogens (tertiary/aromatic N) is 3. The van der Waals surface area contributed by atoms with E-state index in [9.17, 15) is 18.0 Å². The second kappa shape index (κ2) is 7.61. The van der Waals surface area contributed by atoms with Crippen LogP contribution in [0.1, 0.15) is 34.6 Å². The SMILES string of the molecule is CC(NC(=O)c1cc(Cl)cc(C(F)(F)F)c1)c1nccnc1-c1nccs1. The van der Waals surface area contributed by atoms with Gasteiger partial charge in [0.2, 0.25) is 0 Å². The number of benzene rings is 1. The fourth-order valence-electron chi connectivity index (χ4n) is 2.40. The Morgan fingerprint density at radius 3 is 2.56 bits per heavy atom. The first-order valence-electron chi connectivity index (χ1n) is 7.65. The molecule has 0 aliphatic rings. The fourth-order valence-corrected chi connectivity index (χ4v) is 3.28. The Labute approximate surface area is 161 Å². The Hall–Kier alpha value is -2.52. The highest BCUT2D eigenvalue weighted by atomic mass is 35.5. The van der Waals surface area contributed by atoms with Gasteiger partial charge in [-0.2, -0.15) is 13.2 Å². The number of thiazole rings is 1. The minimum atomic E-state index is -4.60. The molecule has 0 radical (unpaired) electrons. The maximum Gasteiger partial charge on any atom is 0.416 e. The van der Waals surface area contributed by atoms with Gasteiger partial charge in [0, 0.05) is 34.6 Å². The van der Waals surface area contributed by atoms with E-state index < -0.39 is 23.7 Å². The van der Waals surface area contributed by atoms with Crippen LogP contribution in [0.15, 0.2) is 42.2 Å². The standard InChI is InChI=1S/C17H12ClF3N4OS/c1-9(13-14(23-3-2-22-13)16-24-4-5-27-16)25-15(26)10-6-11(17(19,20)21)8-12(18)7-10/h2-9H,1H3,(H,25,26). The molecular formula is C17H12ClF3N4OS. The topological polar surface area (TPSA) is 67.8 Å². The van der Waals surface area contributed by atoms with Crippen LogP contribution in [-0.2, 0) is 6.18 Å². The summed E-state index contributed by atoms with van der Waals surface area (Å²) < 4.78 is 38.8. The van der Waals surface area contributed by atoms with Crippen LogP contribution in [0.5, 0.6) is 0 Å². The molecule has 10 heteroatoms. The first-order valence-corrected chi connectivity index (χ1v) is 8.91. The summed E-state index contributed by atoms with van der Waals surface area (Å²) in [5.74, 6) is -0.703. The van der Waals surface area contributed by atoms with Crippen LogP contribution in [0.2, 0.25) is 5.02 Å². The monoisotopic (exact) mass is 412 g/mol. The third kappa shape index (κ3) is 4.42. The highest BCUT2D eigenvalue weighted by Gasteiger charge is 2.32. The third-order valence-corrected chi connectivity index (χ3v) is 4.60. The van der Waals surface area contributed by atoms with E-state index in [2.05, 4.69) is 20.3 Å². The molecule has 0 saturated heterocycles. The zero-order valence-corrected chi connectivity index (χ0v) is 15.4. The van der Waals surface area contributed by atoms with Crippen LogP contribution in [0.4, 0.5) is 13.2 Å². The van der Waals surface area contributed by atoms with Gasteiger partial charge in [0.25, 0.3) is 5.91 Å². The van der Waals surface area contributed by atoms with Crippen molar-refractivity contribution in [3.8, 4) is 10.7 Å².